The maximum atomic E-state index is 11.7. The summed E-state index contributed by atoms with van der Waals surface area (Å²) in [7, 11) is 3.18. The minimum Gasteiger partial charge on any atom is -0.460 e. The summed E-state index contributed by atoms with van der Waals surface area (Å²) in [6.07, 6.45) is -0.104. The van der Waals surface area contributed by atoms with Crippen molar-refractivity contribution in [3.05, 3.63) is 0 Å². The van der Waals surface area contributed by atoms with E-state index in [0.717, 1.165) is 0 Å². The van der Waals surface area contributed by atoms with Gasteiger partial charge in [0.2, 0.25) is 0 Å². The summed E-state index contributed by atoms with van der Waals surface area (Å²) in [4.78, 5) is 23.5. The first kappa shape index (κ1) is 16.0. The molecule has 0 atom stereocenters. The summed E-state index contributed by atoms with van der Waals surface area (Å²) in [5.74, 6) is -0.739. The van der Waals surface area contributed by atoms with Crippen molar-refractivity contribution in [2.24, 2.45) is 5.73 Å². The molecule has 0 saturated heterocycles. The molecule has 0 aliphatic carbocycles. The van der Waals surface area contributed by atoms with E-state index in [1.807, 2.05) is 0 Å². The van der Waals surface area contributed by atoms with Crippen LogP contribution in [0.3, 0.4) is 0 Å². The molecule has 0 fully saturated rings. The minimum absolute atomic E-state index is 0.104. The zero-order valence-electron chi connectivity index (χ0n) is 11.2. The third-order valence-corrected chi connectivity index (χ3v) is 2.34. The molecule has 0 bridgehead atoms. The lowest BCUT2D eigenvalue weighted by molar-refractivity contribution is -0.158. The van der Waals surface area contributed by atoms with Crippen molar-refractivity contribution in [3.8, 4) is 0 Å². The summed E-state index contributed by atoms with van der Waals surface area (Å²) in [5.41, 5.74) is 3.60. The van der Waals surface area contributed by atoms with Crippen LogP contribution in [-0.2, 0) is 14.3 Å². The van der Waals surface area contributed by atoms with Crippen molar-refractivity contribution in [1.29, 1.82) is 0 Å². The maximum Gasteiger partial charge on any atom is 0.310 e. The largest absolute Gasteiger partial charge is 0.460 e. The highest BCUT2D eigenvalue weighted by molar-refractivity contribution is 5.93. The Labute approximate surface area is 102 Å². The van der Waals surface area contributed by atoms with Gasteiger partial charge in [0.25, 0.3) is 0 Å². The van der Waals surface area contributed by atoms with Crippen LogP contribution >= 0.6 is 0 Å². The highest BCUT2D eigenvalue weighted by Crippen LogP contribution is 2.13. The normalized spacial score (nSPS) is 12.4. The molecule has 4 N–H and O–H groups in total. The van der Waals surface area contributed by atoms with Gasteiger partial charge >= 0.3 is 5.97 Å². The highest BCUT2D eigenvalue weighted by Gasteiger charge is 2.37. The molecule has 6 heteroatoms. The Kier molecular flexibility index (Phi) is 5.74. The first-order valence-electron chi connectivity index (χ1n) is 5.54. The van der Waals surface area contributed by atoms with E-state index in [4.69, 9.17) is 10.5 Å². The summed E-state index contributed by atoms with van der Waals surface area (Å²) in [6.45, 7) is 5.17. The van der Waals surface area contributed by atoms with Gasteiger partial charge in [0.05, 0.1) is 13.0 Å². The molecule has 0 amide bonds. The zero-order chi connectivity index (χ0) is 13.7. The Morgan fingerprint density at radius 2 is 1.65 bits per heavy atom. The molecule has 0 aliphatic heterocycles. The summed E-state index contributed by atoms with van der Waals surface area (Å²) < 4.78 is 5.18. The van der Waals surface area contributed by atoms with E-state index in [2.05, 4.69) is 10.6 Å². The number of carbonyl (C=O) groups excluding carboxylic acids is 2. The lowest BCUT2D eigenvalue weighted by Crippen LogP contribution is -2.63. The fourth-order valence-electron chi connectivity index (χ4n) is 1.45. The van der Waals surface area contributed by atoms with Gasteiger partial charge in [0.15, 0.2) is 5.78 Å². The standard InChI is InChI=1S/C11H23N3O3/c1-10(2,3)17-9(16)6-11(13-4,14-5)8(15)7-12/h13-14H,6-7,12H2,1-5H3. The SMILES string of the molecule is CNC(CC(=O)OC(C)(C)C)(NC)C(=O)CN. The Morgan fingerprint density at radius 3 is 1.94 bits per heavy atom. The van der Waals surface area contributed by atoms with E-state index in [0.29, 0.717) is 0 Å². The molecular weight excluding hydrogens is 222 g/mol. The molecule has 0 rings (SSSR count). The van der Waals surface area contributed by atoms with Gasteiger partial charge < -0.3 is 10.5 Å². The number of Topliss-reactive ketones (excluding diaryl/α,β-unsaturated/α-hetero) is 1. The zero-order valence-corrected chi connectivity index (χ0v) is 11.2. The molecule has 0 heterocycles. The van der Waals surface area contributed by atoms with E-state index in [-0.39, 0.29) is 18.7 Å². The Balaban J connectivity index is 4.77. The first-order chi connectivity index (χ1) is 7.70. The van der Waals surface area contributed by atoms with Crippen molar-refractivity contribution in [2.45, 2.75) is 38.5 Å². The number of likely N-dealkylation sites (N-methyl/N-ethyl adjacent to an activating group) is 2. The monoisotopic (exact) mass is 245 g/mol. The average molecular weight is 245 g/mol. The number of ketones is 1. The number of nitrogens with one attached hydrogen (secondary N) is 2. The third-order valence-electron chi connectivity index (χ3n) is 2.34. The summed E-state index contributed by atoms with van der Waals surface area (Å²) in [6, 6.07) is 0. The van der Waals surface area contributed by atoms with Crippen LogP contribution < -0.4 is 16.4 Å². The van der Waals surface area contributed by atoms with Gasteiger partial charge in [-0.15, -0.1) is 0 Å². The summed E-state index contributed by atoms with van der Waals surface area (Å²) >= 11 is 0. The average Bonchev–Trinajstić information content (AvgIpc) is 2.22. The van der Waals surface area contributed by atoms with Gasteiger partial charge in [0.1, 0.15) is 11.3 Å². The Hall–Kier alpha value is -0.980. The number of ether oxygens (including phenoxy) is 1. The summed E-state index contributed by atoms with van der Waals surface area (Å²) in [5, 5.41) is 5.58. The Bertz CT molecular complexity index is 280. The smallest absolute Gasteiger partial charge is 0.310 e. The van der Waals surface area contributed by atoms with Crippen molar-refractivity contribution in [2.75, 3.05) is 20.6 Å². The number of esters is 1. The number of nitrogens with two attached hydrogens (primary N) is 1. The third kappa shape index (κ3) is 4.80. The van der Waals surface area contributed by atoms with Crippen molar-refractivity contribution in [1.82, 2.24) is 10.6 Å². The highest BCUT2D eigenvalue weighted by atomic mass is 16.6. The predicted molar refractivity (Wildman–Crippen MR) is 65.4 cm³/mol. The second-order valence-corrected chi connectivity index (χ2v) is 4.80. The van der Waals surface area contributed by atoms with Crippen molar-refractivity contribution >= 4 is 11.8 Å². The minimum atomic E-state index is -1.16. The van der Waals surface area contributed by atoms with Gasteiger partial charge in [-0.25, -0.2) is 0 Å². The van der Waals surface area contributed by atoms with Crippen LogP contribution in [-0.4, -0.2) is 43.7 Å². The fourth-order valence-corrected chi connectivity index (χ4v) is 1.45. The van der Waals surface area contributed by atoms with Crippen molar-refractivity contribution < 1.29 is 14.3 Å². The lowest BCUT2D eigenvalue weighted by atomic mass is 10.0. The van der Waals surface area contributed by atoms with E-state index in [1.165, 1.54) is 0 Å². The molecule has 0 aromatic heterocycles. The van der Waals surface area contributed by atoms with Gasteiger partial charge in [0, 0.05) is 0 Å². The first-order valence-corrected chi connectivity index (χ1v) is 5.54. The van der Waals surface area contributed by atoms with E-state index >= 15 is 0 Å². The molecule has 17 heavy (non-hydrogen) atoms. The predicted octanol–water partition coefficient (Wildman–Crippen LogP) is -0.619. The van der Waals surface area contributed by atoms with E-state index in [1.54, 1.807) is 34.9 Å². The molecule has 0 unspecified atom stereocenters. The van der Waals surface area contributed by atoms with Crippen LogP contribution in [0.25, 0.3) is 0 Å². The maximum absolute atomic E-state index is 11.7. The molecule has 0 aliphatic rings. The molecule has 0 spiro atoms. The number of carbonyl (C=O) groups is 2. The molecule has 0 aromatic carbocycles. The number of rotatable bonds is 6. The number of hydrogen-bond acceptors (Lipinski definition) is 6. The van der Waals surface area contributed by atoms with E-state index < -0.39 is 17.2 Å². The second kappa shape index (κ2) is 6.09. The number of hydrogen-bond donors (Lipinski definition) is 3. The van der Waals surface area contributed by atoms with Gasteiger partial charge in [-0.1, -0.05) is 0 Å². The molecule has 0 saturated carbocycles. The Morgan fingerprint density at radius 1 is 1.18 bits per heavy atom. The lowest BCUT2D eigenvalue weighted by Gasteiger charge is -2.31. The van der Waals surface area contributed by atoms with Crippen LogP contribution in [0.15, 0.2) is 0 Å². The topological polar surface area (TPSA) is 93.5 Å². The second-order valence-electron chi connectivity index (χ2n) is 4.80. The van der Waals surface area contributed by atoms with Crippen LogP contribution in [0, 0.1) is 0 Å². The molecular formula is C11H23N3O3. The fraction of sp³-hybridized carbons (Fsp3) is 0.818. The van der Waals surface area contributed by atoms with E-state index in [9.17, 15) is 9.59 Å². The van der Waals surface area contributed by atoms with Gasteiger partial charge in [-0.05, 0) is 34.9 Å². The molecule has 0 radical (unpaired) electrons. The van der Waals surface area contributed by atoms with Crippen LogP contribution in [0.1, 0.15) is 27.2 Å². The van der Waals surface area contributed by atoms with Crippen LogP contribution in [0.4, 0.5) is 0 Å². The molecule has 100 valence electrons. The van der Waals surface area contributed by atoms with Gasteiger partial charge in [-0.2, -0.15) is 0 Å². The van der Waals surface area contributed by atoms with Crippen LogP contribution in [0.2, 0.25) is 0 Å². The van der Waals surface area contributed by atoms with Gasteiger partial charge in [-0.3, -0.25) is 20.2 Å². The molecule has 0 aromatic rings. The van der Waals surface area contributed by atoms with Crippen LogP contribution in [0.5, 0.6) is 0 Å². The quantitative estimate of drug-likeness (QED) is 0.426. The van der Waals surface area contributed by atoms with Crippen molar-refractivity contribution in [3.63, 3.8) is 0 Å². The molecule has 6 nitrogen and oxygen atoms in total.